The summed E-state index contributed by atoms with van der Waals surface area (Å²) in [5, 5.41) is 0. The molecule has 0 fully saturated rings. The van der Waals surface area contributed by atoms with Crippen LogP contribution in [0.3, 0.4) is 0 Å². The molecule has 3 aromatic rings. The van der Waals surface area contributed by atoms with Gasteiger partial charge in [-0.05, 0) is 42.0 Å². The predicted molar refractivity (Wildman–Crippen MR) is 99.7 cm³/mol. The summed E-state index contributed by atoms with van der Waals surface area (Å²) in [5.41, 5.74) is -0.0974. The lowest BCUT2D eigenvalue weighted by Crippen LogP contribution is -2.25. The highest BCUT2D eigenvalue weighted by Crippen LogP contribution is 2.24. The molecule has 0 atom stereocenters. The van der Waals surface area contributed by atoms with Crippen LogP contribution in [0.5, 0.6) is 11.5 Å². The third-order valence-electron chi connectivity index (χ3n) is 4.17. The maximum atomic E-state index is 13.4. The minimum absolute atomic E-state index is 0.113. The van der Waals surface area contributed by atoms with E-state index in [1.54, 1.807) is 0 Å². The minimum Gasteiger partial charge on any atom is -0.494 e. The van der Waals surface area contributed by atoms with Gasteiger partial charge in [-0.15, -0.1) is 13.2 Å². The van der Waals surface area contributed by atoms with Crippen LogP contribution < -0.4 is 15.0 Å². The fourth-order valence-electron chi connectivity index (χ4n) is 2.84. The summed E-state index contributed by atoms with van der Waals surface area (Å²) >= 11 is 0. The summed E-state index contributed by atoms with van der Waals surface area (Å²) in [6.07, 6.45) is -3.60. The molecule has 0 saturated heterocycles. The Bertz CT molecular complexity index is 1120. The van der Waals surface area contributed by atoms with Crippen LogP contribution >= 0.6 is 0 Å². The second-order valence-electron chi connectivity index (χ2n) is 6.20. The van der Waals surface area contributed by atoms with Gasteiger partial charge in [0.25, 0.3) is 5.56 Å². The molecule has 0 N–H and O–H groups in total. The molecular weight excluding hydrogens is 406 g/mol. The van der Waals surface area contributed by atoms with Gasteiger partial charge < -0.3 is 9.47 Å². The van der Waals surface area contributed by atoms with Crippen molar-refractivity contribution in [2.24, 2.45) is 0 Å². The van der Waals surface area contributed by atoms with Crippen LogP contribution in [0.4, 0.5) is 17.6 Å². The number of benzene rings is 2. The van der Waals surface area contributed by atoms with Crippen molar-refractivity contribution in [2.45, 2.75) is 12.8 Å². The van der Waals surface area contributed by atoms with Gasteiger partial charge in [-0.3, -0.25) is 14.2 Å². The van der Waals surface area contributed by atoms with Gasteiger partial charge in [0.1, 0.15) is 17.3 Å². The van der Waals surface area contributed by atoms with Crippen molar-refractivity contribution in [3.63, 3.8) is 0 Å². The highest BCUT2D eigenvalue weighted by Gasteiger charge is 2.31. The predicted octanol–water partition coefficient (Wildman–Crippen LogP) is 4.31. The molecule has 0 aliphatic rings. The molecule has 3 rings (SSSR count). The first-order chi connectivity index (χ1) is 14.2. The number of aromatic nitrogens is 1. The third-order valence-corrected chi connectivity index (χ3v) is 4.17. The van der Waals surface area contributed by atoms with Gasteiger partial charge in [-0.1, -0.05) is 12.1 Å². The molecule has 0 saturated carbocycles. The highest BCUT2D eigenvalue weighted by molar-refractivity contribution is 5.97. The average Bonchev–Trinajstić information content (AvgIpc) is 2.68. The van der Waals surface area contributed by atoms with Crippen LogP contribution in [0.15, 0.2) is 65.6 Å². The van der Waals surface area contributed by atoms with E-state index in [2.05, 4.69) is 4.74 Å². The SMILES string of the molecule is COc1cc(F)ccc1-n1cccc(C(=O)Cc2ccc(OC(F)(F)F)cc2)c1=O. The highest BCUT2D eigenvalue weighted by atomic mass is 19.4. The Kier molecular flexibility index (Phi) is 5.91. The number of carbonyl (C=O) groups is 1. The molecule has 0 unspecified atom stereocenters. The summed E-state index contributed by atoms with van der Waals surface area (Å²) in [6.45, 7) is 0. The summed E-state index contributed by atoms with van der Waals surface area (Å²) in [5.74, 6) is -1.38. The topological polar surface area (TPSA) is 57.5 Å². The van der Waals surface area contributed by atoms with Crippen LogP contribution in [0.2, 0.25) is 0 Å². The Morgan fingerprint density at radius 3 is 2.40 bits per heavy atom. The molecule has 1 heterocycles. The maximum absolute atomic E-state index is 13.4. The van der Waals surface area contributed by atoms with Crippen molar-refractivity contribution in [1.29, 1.82) is 0 Å². The number of halogens is 4. The van der Waals surface area contributed by atoms with E-state index in [1.165, 1.54) is 43.6 Å². The van der Waals surface area contributed by atoms with E-state index in [1.807, 2.05) is 0 Å². The first-order valence-electron chi connectivity index (χ1n) is 8.61. The van der Waals surface area contributed by atoms with Gasteiger partial charge in [0.05, 0.1) is 18.4 Å². The van der Waals surface area contributed by atoms with E-state index in [-0.39, 0.29) is 23.4 Å². The Morgan fingerprint density at radius 2 is 1.77 bits per heavy atom. The second kappa shape index (κ2) is 8.40. The Labute approximate surface area is 168 Å². The molecule has 5 nitrogen and oxygen atoms in total. The van der Waals surface area contributed by atoms with E-state index in [9.17, 15) is 27.2 Å². The summed E-state index contributed by atoms with van der Waals surface area (Å²) in [7, 11) is 1.32. The van der Waals surface area contributed by atoms with Crippen molar-refractivity contribution < 1.29 is 31.8 Å². The summed E-state index contributed by atoms with van der Waals surface area (Å²) < 4.78 is 60.2. The first-order valence-corrected chi connectivity index (χ1v) is 8.61. The number of rotatable bonds is 6. The standard InChI is InChI=1S/C21H15F4NO4/c1-29-19-12-14(22)6-9-17(19)26-10-2-3-16(20(26)28)18(27)11-13-4-7-15(8-5-13)30-21(23,24)25/h2-10,12H,11H2,1H3. The quantitative estimate of drug-likeness (QED) is 0.440. The number of hydrogen-bond donors (Lipinski definition) is 0. The number of Topliss-reactive ketones (excluding diaryl/α,β-unsaturated/α-hetero) is 1. The van der Waals surface area contributed by atoms with Crippen molar-refractivity contribution >= 4 is 5.78 Å². The minimum atomic E-state index is -4.81. The van der Waals surface area contributed by atoms with Crippen LogP contribution in [0.25, 0.3) is 5.69 Å². The number of ketones is 1. The fourth-order valence-corrected chi connectivity index (χ4v) is 2.84. The van der Waals surface area contributed by atoms with Crippen molar-refractivity contribution in [3.05, 3.63) is 88.1 Å². The largest absolute Gasteiger partial charge is 0.573 e. The average molecular weight is 421 g/mol. The zero-order chi connectivity index (χ0) is 21.9. The monoisotopic (exact) mass is 421 g/mol. The summed E-state index contributed by atoms with van der Waals surface area (Å²) in [4.78, 5) is 25.4. The van der Waals surface area contributed by atoms with Gasteiger partial charge in [0.2, 0.25) is 0 Å². The first kappa shape index (κ1) is 21.1. The normalized spacial score (nSPS) is 11.2. The smallest absolute Gasteiger partial charge is 0.494 e. The van der Waals surface area contributed by atoms with Crippen LogP contribution in [-0.2, 0) is 6.42 Å². The molecule has 0 spiro atoms. The molecule has 9 heteroatoms. The lowest BCUT2D eigenvalue weighted by atomic mass is 10.0. The van der Waals surface area contributed by atoms with Crippen molar-refractivity contribution in [1.82, 2.24) is 4.57 Å². The third kappa shape index (κ3) is 4.86. The Morgan fingerprint density at radius 1 is 1.07 bits per heavy atom. The van der Waals surface area contributed by atoms with E-state index >= 15 is 0 Å². The lowest BCUT2D eigenvalue weighted by molar-refractivity contribution is -0.274. The Balaban J connectivity index is 1.86. The van der Waals surface area contributed by atoms with E-state index in [0.29, 0.717) is 5.56 Å². The van der Waals surface area contributed by atoms with Gasteiger partial charge in [-0.2, -0.15) is 0 Å². The molecule has 0 amide bonds. The zero-order valence-corrected chi connectivity index (χ0v) is 15.6. The summed E-state index contributed by atoms with van der Waals surface area (Å²) in [6, 6.07) is 11.2. The molecule has 0 bridgehead atoms. The molecular formula is C21H15F4NO4. The fraction of sp³-hybridized carbons (Fsp3) is 0.143. The molecule has 0 aliphatic heterocycles. The van der Waals surface area contributed by atoms with Crippen LogP contribution in [0, 0.1) is 5.82 Å². The second-order valence-corrected chi connectivity index (χ2v) is 6.20. The number of alkyl halides is 3. The van der Waals surface area contributed by atoms with Gasteiger partial charge in [0.15, 0.2) is 5.78 Å². The molecule has 0 aliphatic carbocycles. The molecule has 0 radical (unpaired) electrons. The number of carbonyl (C=O) groups excluding carboxylic acids is 1. The molecule has 156 valence electrons. The number of hydrogen-bond acceptors (Lipinski definition) is 4. The number of pyridine rings is 1. The zero-order valence-electron chi connectivity index (χ0n) is 15.6. The van der Waals surface area contributed by atoms with Crippen LogP contribution in [0.1, 0.15) is 15.9 Å². The van der Waals surface area contributed by atoms with E-state index in [0.717, 1.165) is 28.8 Å². The molecule has 1 aromatic heterocycles. The van der Waals surface area contributed by atoms with Crippen molar-refractivity contribution in [3.8, 4) is 17.2 Å². The van der Waals surface area contributed by atoms with Gasteiger partial charge in [0, 0.05) is 18.7 Å². The maximum Gasteiger partial charge on any atom is 0.573 e. The number of ether oxygens (including phenoxy) is 2. The number of methoxy groups -OCH3 is 1. The van der Waals surface area contributed by atoms with Gasteiger partial charge >= 0.3 is 6.36 Å². The molecule has 2 aromatic carbocycles. The lowest BCUT2D eigenvalue weighted by Gasteiger charge is -2.12. The van der Waals surface area contributed by atoms with Crippen molar-refractivity contribution in [2.75, 3.05) is 7.11 Å². The number of nitrogens with zero attached hydrogens (tertiary/aromatic N) is 1. The Hall–Kier alpha value is -3.62. The van der Waals surface area contributed by atoms with Crippen LogP contribution in [-0.4, -0.2) is 23.8 Å². The molecule has 30 heavy (non-hydrogen) atoms. The van der Waals surface area contributed by atoms with E-state index < -0.39 is 29.3 Å². The van der Waals surface area contributed by atoms with Gasteiger partial charge in [-0.25, -0.2) is 4.39 Å². The van der Waals surface area contributed by atoms with E-state index in [4.69, 9.17) is 4.74 Å².